The third kappa shape index (κ3) is 4.04. The van der Waals surface area contributed by atoms with E-state index in [4.69, 9.17) is 9.88 Å². The standard InChI is InChI=1S/C10H14N2O4S/c1-12(2)10(13)7-16-8-3-5-9(6-4-8)17(11,14)15/h3-6H,7H2,1-2H3,(H2,11,14,15). The largest absolute Gasteiger partial charge is 0.484 e. The van der Waals surface area contributed by atoms with Gasteiger partial charge in [0.2, 0.25) is 10.0 Å². The topological polar surface area (TPSA) is 89.7 Å². The summed E-state index contributed by atoms with van der Waals surface area (Å²) in [6, 6.07) is 5.54. The maximum atomic E-state index is 11.2. The monoisotopic (exact) mass is 258 g/mol. The summed E-state index contributed by atoms with van der Waals surface area (Å²) >= 11 is 0. The fourth-order valence-electron chi connectivity index (χ4n) is 1.000. The average molecular weight is 258 g/mol. The highest BCUT2D eigenvalue weighted by Gasteiger charge is 2.08. The van der Waals surface area contributed by atoms with E-state index in [1.54, 1.807) is 14.1 Å². The molecule has 0 bridgehead atoms. The predicted molar refractivity (Wildman–Crippen MR) is 62.0 cm³/mol. The van der Waals surface area contributed by atoms with Crippen LogP contribution in [0.1, 0.15) is 0 Å². The Labute approximate surface area is 100 Å². The van der Waals surface area contributed by atoms with Crippen LogP contribution in [0, 0.1) is 0 Å². The summed E-state index contributed by atoms with van der Waals surface area (Å²) in [5.41, 5.74) is 0. The van der Waals surface area contributed by atoms with Gasteiger partial charge < -0.3 is 9.64 Å². The molecule has 0 aromatic heterocycles. The molecule has 0 unspecified atom stereocenters. The van der Waals surface area contributed by atoms with Gasteiger partial charge in [0.1, 0.15) is 5.75 Å². The van der Waals surface area contributed by atoms with Crippen molar-refractivity contribution in [1.82, 2.24) is 4.90 Å². The Morgan fingerprint density at radius 1 is 1.29 bits per heavy atom. The summed E-state index contributed by atoms with van der Waals surface area (Å²) in [4.78, 5) is 12.6. The third-order valence-corrected chi connectivity index (χ3v) is 2.94. The van der Waals surface area contributed by atoms with Crippen molar-refractivity contribution in [2.24, 2.45) is 5.14 Å². The molecule has 1 amide bonds. The van der Waals surface area contributed by atoms with Crippen LogP contribution in [0.3, 0.4) is 0 Å². The lowest BCUT2D eigenvalue weighted by atomic mass is 10.3. The Morgan fingerprint density at radius 2 is 1.82 bits per heavy atom. The van der Waals surface area contributed by atoms with Gasteiger partial charge in [-0.25, -0.2) is 13.6 Å². The lowest BCUT2D eigenvalue weighted by molar-refractivity contribution is -0.130. The average Bonchev–Trinajstić information content (AvgIpc) is 2.25. The van der Waals surface area contributed by atoms with E-state index in [-0.39, 0.29) is 17.4 Å². The van der Waals surface area contributed by atoms with Crippen LogP contribution in [-0.4, -0.2) is 39.9 Å². The molecule has 7 heteroatoms. The van der Waals surface area contributed by atoms with Gasteiger partial charge in [0, 0.05) is 14.1 Å². The van der Waals surface area contributed by atoms with Crippen LogP contribution in [0.4, 0.5) is 0 Å². The lowest BCUT2D eigenvalue weighted by Gasteiger charge is -2.11. The van der Waals surface area contributed by atoms with E-state index in [0.29, 0.717) is 5.75 Å². The van der Waals surface area contributed by atoms with Crippen molar-refractivity contribution in [1.29, 1.82) is 0 Å². The number of rotatable bonds is 4. The number of nitrogens with zero attached hydrogens (tertiary/aromatic N) is 1. The van der Waals surface area contributed by atoms with Gasteiger partial charge in [-0.15, -0.1) is 0 Å². The van der Waals surface area contributed by atoms with E-state index in [2.05, 4.69) is 0 Å². The molecule has 0 spiro atoms. The van der Waals surface area contributed by atoms with E-state index in [1.807, 2.05) is 0 Å². The summed E-state index contributed by atoms with van der Waals surface area (Å²) in [6.45, 7) is -0.0955. The molecule has 0 heterocycles. The number of likely N-dealkylation sites (N-methyl/N-ethyl adjacent to an activating group) is 1. The summed E-state index contributed by atoms with van der Waals surface area (Å²) < 4.78 is 27.1. The van der Waals surface area contributed by atoms with Crippen molar-refractivity contribution in [3.63, 3.8) is 0 Å². The van der Waals surface area contributed by atoms with E-state index in [1.165, 1.54) is 29.2 Å². The molecule has 0 fully saturated rings. The lowest BCUT2D eigenvalue weighted by Crippen LogP contribution is -2.27. The second-order valence-corrected chi connectivity index (χ2v) is 5.15. The maximum Gasteiger partial charge on any atom is 0.259 e. The SMILES string of the molecule is CN(C)C(=O)COc1ccc(S(N)(=O)=O)cc1. The molecule has 6 nitrogen and oxygen atoms in total. The molecule has 0 aliphatic heterocycles. The molecular formula is C10H14N2O4S. The number of carbonyl (C=O) groups is 1. The van der Waals surface area contributed by atoms with Crippen molar-refractivity contribution in [2.75, 3.05) is 20.7 Å². The van der Waals surface area contributed by atoms with Gasteiger partial charge in [-0.1, -0.05) is 0 Å². The maximum absolute atomic E-state index is 11.2. The number of ether oxygens (including phenoxy) is 1. The number of hydrogen-bond donors (Lipinski definition) is 1. The highest BCUT2D eigenvalue weighted by atomic mass is 32.2. The highest BCUT2D eigenvalue weighted by Crippen LogP contribution is 2.14. The fourth-order valence-corrected chi connectivity index (χ4v) is 1.52. The Balaban J connectivity index is 2.67. The Morgan fingerprint density at radius 3 is 2.24 bits per heavy atom. The van der Waals surface area contributed by atoms with E-state index >= 15 is 0 Å². The highest BCUT2D eigenvalue weighted by molar-refractivity contribution is 7.89. The van der Waals surface area contributed by atoms with Crippen molar-refractivity contribution in [3.05, 3.63) is 24.3 Å². The number of sulfonamides is 1. The van der Waals surface area contributed by atoms with Crippen molar-refractivity contribution < 1.29 is 17.9 Å². The minimum atomic E-state index is -3.70. The fraction of sp³-hybridized carbons (Fsp3) is 0.300. The van der Waals surface area contributed by atoms with Crippen LogP contribution in [0.2, 0.25) is 0 Å². The van der Waals surface area contributed by atoms with E-state index < -0.39 is 10.0 Å². The Kier molecular flexibility index (Phi) is 4.08. The van der Waals surface area contributed by atoms with Crippen molar-refractivity contribution >= 4 is 15.9 Å². The van der Waals surface area contributed by atoms with Crippen LogP contribution in [0.15, 0.2) is 29.2 Å². The molecule has 0 radical (unpaired) electrons. The molecular weight excluding hydrogens is 244 g/mol. The molecule has 1 aromatic carbocycles. The molecule has 0 aliphatic rings. The molecule has 0 atom stereocenters. The van der Waals surface area contributed by atoms with Crippen LogP contribution in [0.5, 0.6) is 5.75 Å². The first-order valence-corrected chi connectivity index (χ1v) is 6.31. The molecule has 17 heavy (non-hydrogen) atoms. The normalized spacial score (nSPS) is 11.0. The molecule has 0 saturated heterocycles. The van der Waals surface area contributed by atoms with Crippen LogP contribution >= 0.6 is 0 Å². The Bertz CT molecular complexity index is 494. The number of amides is 1. The minimum absolute atomic E-state index is 0.00351. The van der Waals surface area contributed by atoms with Gasteiger partial charge in [0.05, 0.1) is 4.90 Å². The van der Waals surface area contributed by atoms with Crippen molar-refractivity contribution in [3.8, 4) is 5.75 Å². The van der Waals surface area contributed by atoms with Crippen LogP contribution < -0.4 is 9.88 Å². The molecule has 1 rings (SSSR count). The van der Waals surface area contributed by atoms with Gasteiger partial charge in [-0.3, -0.25) is 4.79 Å². The zero-order valence-electron chi connectivity index (χ0n) is 9.58. The second kappa shape index (κ2) is 5.15. The zero-order chi connectivity index (χ0) is 13.1. The molecule has 94 valence electrons. The summed E-state index contributed by atoms with van der Waals surface area (Å²) in [5, 5.41) is 4.94. The van der Waals surface area contributed by atoms with E-state index in [0.717, 1.165) is 0 Å². The van der Waals surface area contributed by atoms with Gasteiger partial charge in [-0.05, 0) is 24.3 Å². The number of benzene rings is 1. The zero-order valence-corrected chi connectivity index (χ0v) is 10.4. The van der Waals surface area contributed by atoms with Gasteiger partial charge in [-0.2, -0.15) is 0 Å². The number of carbonyl (C=O) groups excluding carboxylic acids is 1. The third-order valence-electron chi connectivity index (χ3n) is 2.01. The smallest absolute Gasteiger partial charge is 0.259 e. The molecule has 0 aliphatic carbocycles. The first-order chi connectivity index (χ1) is 7.80. The van der Waals surface area contributed by atoms with Crippen LogP contribution in [0.25, 0.3) is 0 Å². The quantitative estimate of drug-likeness (QED) is 0.810. The Hall–Kier alpha value is -1.60. The molecule has 1 aromatic rings. The number of hydrogen-bond acceptors (Lipinski definition) is 4. The first-order valence-electron chi connectivity index (χ1n) is 4.76. The number of primary sulfonamides is 1. The predicted octanol–water partition coefficient (Wildman–Crippen LogP) is -0.199. The van der Waals surface area contributed by atoms with Gasteiger partial charge in [0.15, 0.2) is 6.61 Å². The molecule has 0 saturated carbocycles. The number of nitrogens with two attached hydrogens (primary N) is 1. The van der Waals surface area contributed by atoms with Crippen LogP contribution in [-0.2, 0) is 14.8 Å². The molecule has 2 N–H and O–H groups in total. The summed E-state index contributed by atoms with van der Waals surface area (Å²) in [6.07, 6.45) is 0. The second-order valence-electron chi connectivity index (χ2n) is 3.59. The summed E-state index contributed by atoms with van der Waals surface area (Å²) in [5.74, 6) is 0.230. The minimum Gasteiger partial charge on any atom is -0.484 e. The van der Waals surface area contributed by atoms with Gasteiger partial charge in [0.25, 0.3) is 5.91 Å². The van der Waals surface area contributed by atoms with E-state index in [9.17, 15) is 13.2 Å². The first kappa shape index (κ1) is 13.5. The van der Waals surface area contributed by atoms with Crippen molar-refractivity contribution in [2.45, 2.75) is 4.90 Å². The van der Waals surface area contributed by atoms with Gasteiger partial charge >= 0.3 is 0 Å². The summed E-state index contributed by atoms with van der Waals surface area (Å²) in [7, 11) is -0.453.